The highest BCUT2D eigenvalue weighted by Gasteiger charge is 2.54. The highest BCUT2D eigenvalue weighted by molar-refractivity contribution is 6.30. The van der Waals surface area contributed by atoms with Crippen molar-refractivity contribution in [3.05, 3.63) is 34.4 Å². The molecule has 4 bridgehead atoms. The van der Waals surface area contributed by atoms with E-state index in [1.807, 2.05) is 19.2 Å². The minimum atomic E-state index is -0.0235. The lowest BCUT2D eigenvalue weighted by Gasteiger charge is -2.57. The third-order valence-electron chi connectivity index (χ3n) is 5.95. The molecule has 5 rings (SSSR count). The molecule has 0 aromatic heterocycles. The maximum absolute atomic E-state index is 6.23. The molecule has 0 amide bonds. The minimum Gasteiger partial charge on any atom is -0.497 e. The Labute approximate surface area is 137 Å². The number of ether oxygens (including phenoxy) is 2. The molecule has 2 nitrogen and oxygen atoms in total. The molecule has 0 spiro atoms. The lowest BCUT2D eigenvalue weighted by molar-refractivity contribution is -0.0997. The molecule has 22 heavy (non-hydrogen) atoms. The molecule has 4 aliphatic carbocycles. The molecule has 1 aromatic rings. The van der Waals surface area contributed by atoms with Crippen molar-refractivity contribution in [2.24, 2.45) is 17.8 Å². The van der Waals surface area contributed by atoms with Gasteiger partial charge in [0.15, 0.2) is 0 Å². The van der Waals surface area contributed by atoms with Crippen molar-refractivity contribution in [3.63, 3.8) is 0 Å². The van der Waals surface area contributed by atoms with Gasteiger partial charge in [-0.15, -0.1) is 0 Å². The zero-order valence-electron chi connectivity index (χ0n) is 13.3. The van der Waals surface area contributed by atoms with Crippen LogP contribution < -0.4 is 4.74 Å². The lowest BCUT2D eigenvalue weighted by atomic mass is 9.52. The summed E-state index contributed by atoms with van der Waals surface area (Å²) in [4.78, 5) is 0. The SMILES string of the molecule is COc1cc(Cl)cc(C=C2C3CC4CC(C3)CC2(OC)C4)c1. The van der Waals surface area contributed by atoms with E-state index in [0.717, 1.165) is 28.2 Å². The molecule has 0 radical (unpaired) electrons. The fraction of sp³-hybridized carbons (Fsp3) is 0.579. The van der Waals surface area contributed by atoms with E-state index in [0.29, 0.717) is 5.92 Å². The van der Waals surface area contributed by atoms with E-state index in [-0.39, 0.29) is 5.60 Å². The fourth-order valence-electron chi connectivity index (χ4n) is 5.27. The molecule has 4 aliphatic rings. The van der Waals surface area contributed by atoms with Crippen molar-refractivity contribution in [3.8, 4) is 5.75 Å². The average molecular weight is 319 g/mol. The van der Waals surface area contributed by atoms with E-state index in [2.05, 4.69) is 12.1 Å². The Balaban J connectivity index is 1.76. The topological polar surface area (TPSA) is 18.5 Å². The first-order chi connectivity index (χ1) is 10.6. The van der Waals surface area contributed by atoms with E-state index in [4.69, 9.17) is 21.1 Å². The number of benzene rings is 1. The third-order valence-corrected chi connectivity index (χ3v) is 6.17. The van der Waals surface area contributed by atoms with Gasteiger partial charge in [0.25, 0.3) is 0 Å². The van der Waals surface area contributed by atoms with Crippen molar-refractivity contribution in [2.45, 2.75) is 37.7 Å². The Bertz CT molecular complexity index is 608. The fourth-order valence-corrected chi connectivity index (χ4v) is 5.51. The molecule has 4 saturated carbocycles. The Morgan fingerprint density at radius 2 is 1.82 bits per heavy atom. The second-order valence-corrected chi connectivity index (χ2v) is 7.70. The first kappa shape index (κ1) is 14.6. The van der Waals surface area contributed by atoms with Crippen LogP contribution in [-0.2, 0) is 4.74 Å². The van der Waals surface area contributed by atoms with Crippen molar-refractivity contribution in [2.75, 3.05) is 14.2 Å². The molecule has 0 saturated heterocycles. The zero-order chi connectivity index (χ0) is 15.3. The van der Waals surface area contributed by atoms with Gasteiger partial charge in [0, 0.05) is 12.1 Å². The van der Waals surface area contributed by atoms with E-state index < -0.39 is 0 Å². The van der Waals surface area contributed by atoms with Crippen molar-refractivity contribution < 1.29 is 9.47 Å². The normalized spacial score (nSPS) is 37.8. The van der Waals surface area contributed by atoms with Crippen LogP contribution >= 0.6 is 11.6 Å². The van der Waals surface area contributed by atoms with E-state index in [1.165, 1.54) is 37.7 Å². The summed E-state index contributed by atoms with van der Waals surface area (Å²) in [5.41, 5.74) is 2.60. The molecule has 3 heteroatoms. The summed E-state index contributed by atoms with van der Waals surface area (Å²) in [7, 11) is 3.57. The van der Waals surface area contributed by atoms with Crippen LogP contribution in [0.5, 0.6) is 5.75 Å². The van der Waals surface area contributed by atoms with Gasteiger partial charge < -0.3 is 9.47 Å². The van der Waals surface area contributed by atoms with Crippen LogP contribution in [0.25, 0.3) is 6.08 Å². The quantitative estimate of drug-likeness (QED) is 0.784. The van der Waals surface area contributed by atoms with Gasteiger partial charge in [0.1, 0.15) is 5.75 Å². The number of hydrogen-bond acceptors (Lipinski definition) is 2. The minimum absolute atomic E-state index is 0.0235. The second-order valence-electron chi connectivity index (χ2n) is 7.27. The molecule has 2 atom stereocenters. The van der Waals surface area contributed by atoms with E-state index >= 15 is 0 Å². The Kier molecular flexibility index (Phi) is 3.50. The van der Waals surface area contributed by atoms with Gasteiger partial charge in [-0.05, 0) is 79.2 Å². The van der Waals surface area contributed by atoms with Crippen LogP contribution in [0, 0.1) is 17.8 Å². The summed E-state index contributed by atoms with van der Waals surface area (Å²) in [5, 5.41) is 0.724. The first-order valence-electron chi connectivity index (χ1n) is 8.23. The van der Waals surface area contributed by atoms with Crippen LogP contribution in [-0.4, -0.2) is 19.8 Å². The lowest BCUT2D eigenvalue weighted by Crippen LogP contribution is -2.53. The van der Waals surface area contributed by atoms with Gasteiger partial charge in [-0.3, -0.25) is 0 Å². The Morgan fingerprint density at radius 1 is 1.09 bits per heavy atom. The molecule has 0 N–H and O–H groups in total. The van der Waals surface area contributed by atoms with Crippen LogP contribution in [0.1, 0.15) is 37.7 Å². The summed E-state index contributed by atoms with van der Waals surface area (Å²) >= 11 is 6.23. The maximum atomic E-state index is 6.23. The number of methoxy groups -OCH3 is 2. The summed E-state index contributed by atoms with van der Waals surface area (Å²) in [6.07, 6.45) is 8.80. The van der Waals surface area contributed by atoms with Gasteiger partial charge in [-0.1, -0.05) is 17.7 Å². The van der Waals surface area contributed by atoms with Gasteiger partial charge in [-0.25, -0.2) is 0 Å². The number of hydrogen-bond donors (Lipinski definition) is 0. The smallest absolute Gasteiger partial charge is 0.120 e. The van der Waals surface area contributed by atoms with Gasteiger partial charge in [0.2, 0.25) is 0 Å². The van der Waals surface area contributed by atoms with Crippen LogP contribution in [0.3, 0.4) is 0 Å². The molecule has 118 valence electrons. The molecule has 1 aromatic carbocycles. The van der Waals surface area contributed by atoms with Crippen LogP contribution in [0.15, 0.2) is 23.8 Å². The number of rotatable bonds is 3. The van der Waals surface area contributed by atoms with E-state index in [1.54, 1.807) is 7.11 Å². The average Bonchev–Trinajstić information content (AvgIpc) is 2.49. The summed E-state index contributed by atoms with van der Waals surface area (Å²) in [6, 6.07) is 5.94. The van der Waals surface area contributed by atoms with Gasteiger partial charge in [0.05, 0.1) is 12.7 Å². The van der Waals surface area contributed by atoms with Gasteiger partial charge in [-0.2, -0.15) is 0 Å². The molecular weight excluding hydrogens is 296 g/mol. The molecule has 4 fully saturated rings. The largest absolute Gasteiger partial charge is 0.497 e. The van der Waals surface area contributed by atoms with Crippen molar-refractivity contribution in [1.82, 2.24) is 0 Å². The predicted molar refractivity (Wildman–Crippen MR) is 89.3 cm³/mol. The highest BCUT2D eigenvalue weighted by Crippen LogP contribution is 2.60. The standard InChI is InChI=1S/C19H23ClO2/c1-21-17-7-12(6-16(20)9-17)8-18-15-4-13-3-14(5-15)11-19(18,10-13)22-2/h6-9,13-15H,3-5,10-11H2,1-2H3. The monoisotopic (exact) mass is 318 g/mol. The first-order valence-corrected chi connectivity index (χ1v) is 8.61. The summed E-state index contributed by atoms with van der Waals surface area (Å²) in [5.74, 6) is 3.23. The maximum Gasteiger partial charge on any atom is 0.120 e. The molecule has 0 heterocycles. The summed E-state index contributed by atoms with van der Waals surface area (Å²) in [6.45, 7) is 0. The second kappa shape index (κ2) is 5.28. The van der Waals surface area contributed by atoms with E-state index in [9.17, 15) is 0 Å². The number of halogens is 1. The Hall–Kier alpha value is -0.990. The zero-order valence-corrected chi connectivity index (χ0v) is 14.0. The van der Waals surface area contributed by atoms with Crippen LogP contribution in [0.2, 0.25) is 5.02 Å². The highest BCUT2D eigenvalue weighted by atomic mass is 35.5. The molecular formula is C19H23ClO2. The molecule has 2 unspecified atom stereocenters. The Morgan fingerprint density at radius 3 is 2.45 bits per heavy atom. The van der Waals surface area contributed by atoms with Crippen molar-refractivity contribution in [1.29, 1.82) is 0 Å². The van der Waals surface area contributed by atoms with Gasteiger partial charge >= 0.3 is 0 Å². The van der Waals surface area contributed by atoms with Crippen molar-refractivity contribution >= 4 is 17.7 Å². The molecule has 0 aliphatic heterocycles. The van der Waals surface area contributed by atoms with Crippen LogP contribution in [0.4, 0.5) is 0 Å². The summed E-state index contributed by atoms with van der Waals surface area (Å²) < 4.78 is 11.4. The third kappa shape index (κ3) is 2.28. The predicted octanol–water partition coefficient (Wildman–Crippen LogP) is 4.96.